The van der Waals surface area contributed by atoms with Crippen molar-refractivity contribution in [1.29, 1.82) is 0 Å². The SMILES string of the molecule is Cn1c(O)c(C=Nc2ccc(N=Nc3ccccc3)cc2)c(=O)n(C)c1=O. The maximum absolute atomic E-state index is 12.1. The third kappa shape index (κ3) is 3.90. The van der Waals surface area contributed by atoms with Crippen LogP contribution in [0.2, 0.25) is 0 Å². The Hall–Kier alpha value is -3.81. The van der Waals surface area contributed by atoms with Crippen molar-refractivity contribution >= 4 is 23.3 Å². The van der Waals surface area contributed by atoms with Gasteiger partial charge in [0, 0.05) is 20.3 Å². The average molecular weight is 363 g/mol. The first-order valence-corrected chi connectivity index (χ1v) is 8.07. The van der Waals surface area contributed by atoms with Gasteiger partial charge in [-0.2, -0.15) is 10.2 Å². The van der Waals surface area contributed by atoms with Gasteiger partial charge >= 0.3 is 5.69 Å². The van der Waals surface area contributed by atoms with Crippen LogP contribution in [-0.4, -0.2) is 20.5 Å². The summed E-state index contributed by atoms with van der Waals surface area (Å²) in [5.74, 6) is -0.430. The van der Waals surface area contributed by atoms with Gasteiger partial charge in [-0.1, -0.05) is 18.2 Å². The minimum Gasteiger partial charge on any atom is -0.494 e. The molecule has 0 fully saturated rings. The fourth-order valence-electron chi connectivity index (χ4n) is 2.33. The zero-order valence-corrected chi connectivity index (χ0v) is 14.8. The topological polar surface area (TPSA) is 101 Å². The number of hydrogen-bond acceptors (Lipinski definition) is 6. The molecule has 0 unspecified atom stereocenters. The number of rotatable bonds is 4. The van der Waals surface area contributed by atoms with Crippen LogP contribution < -0.4 is 11.2 Å². The molecular weight excluding hydrogens is 346 g/mol. The van der Waals surface area contributed by atoms with E-state index in [0.717, 1.165) is 14.8 Å². The lowest BCUT2D eigenvalue weighted by atomic mass is 10.3. The van der Waals surface area contributed by atoms with E-state index >= 15 is 0 Å². The monoisotopic (exact) mass is 363 g/mol. The number of benzene rings is 2. The van der Waals surface area contributed by atoms with Gasteiger partial charge in [-0.25, -0.2) is 4.79 Å². The Morgan fingerprint density at radius 2 is 1.37 bits per heavy atom. The van der Waals surface area contributed by atoms with Gasteiger partial charge in [-0.15, -0.1) is 0 Å². The first kappa shape index (κ1) is 18.0. The molecule has 27 heavy (non-hydrogen) atoms. The molecule has 0 aliphatic heterocycles. The molecule has 0 radical (unpaired) electrons. The second kappa shape index (κ2) is 7.61. The molecule has 1 N–H and O–H groups in total. The first-order valence-electron chi connectivity index (χ1n) is 8.07. The third-order valence-corrected chi connectivity index (χ3v) is 3.90. The van der Waals surface area contributed by atoms with Crippen LogP contribution in [0, 0.1) is 0 Å². The van der Waals surface area contributed by atoms with Gasteiger partial charge in [0.2, 0.25) is 5.88 Å². The van der Waals surface area contributed by atoms with Crippen molar-refractivity contribution in [3.05, 3.63) is 81.0 Å². The van der Waals surface area contributed by atoms with Gasteiger partial charge in [0.25, 0.3) is 5.56 Å². The fourth-order valence-corrected chi connectivity index (χ4v) is 2.33. The van der Waals surface area contributed by atoms with Gasteiger partial charge < -0.3 is 5.11 Å². The lowest BCUT2D eigenvalue weighted by Crippen LogP contribution is -2.38. The van der Waals surface area contributed by atoms with Crippen LogP contribution in [0.1, 0.15) is 5.56 Å². The van der Waals surface area contributed by atoms with Crippen molar-refractivity contribution in [2.75, 3.05) is 0 Å². The van der Waals surface area contributed by atoms with Crippen molar-refractivity contribution in [1.82, 2.24) is 9.13 Å². The molecule has 0 spiro atoms. The van der Waals surface area contributed by atoms with Crippen molar-refractivity contribution in [2.24, 2.45) is 29.3 Å². The minimum atomic E-state index is -0.618. The molecule has 3 aromatic rings. The second-order valence-electron chi connectivity index (χ2n) is 5.75. The zero-order valence-electron chi connectivity index (χ0n) is 14.8. The molecule has 0 bridgehead atoms. The Balaban J connectivity index is 1.82. The second-order valence-corrected chi connectivity index (χ2v) is 5.75. The summed E-state index contributed by atoms with van der Waals surface area (Å²) in [7, 11) is 2.72. The summed E-state index contributed by atoms with van der Waals surface area (Å²) < 4.78 is 1.89. The predicted octanol–water partition coefficient (Wildman–Crippen LogP) is 2.96. The molecule has 8 nitrogen and oxygen atoms in total. The Labute approximate surface area is 154 Å². The molecule has 0 aliphatic carbocycles. The van der Waals surface area contributed by atoms with Gasteiger partial charge in [-0.05, 0) is 36.4 Å². The lowest BCUT2D eigenvalue weighted by Gasteiger charge is -2.06. The van der Waals surface area contributed by atoms with E-state index < -0.39 is 17.1 Å². The highest BCUT2D eigenvalue weighted by Crippen LogP contribution is 2.21. The Morgan fingerprint density at radius 3 is 2.00 bits per heavy atom. The van der Waals surface area contributed by atoms with Gasteiger partial charge in [0.1, 0.15) is 5.56 Å². The summed E-state index contributed by atoms with van der Waals surface area (Å²) in [6.45, 7) is 0. The highest BCUT2D eigenvalue weighted by Gasteiger charge is 2.12. The van der Waals surface area contributed by atoms with E-state index in [4.69, 9.17) is 0 Å². The predicted molar refractivity (Wildman–Crippen MR) is 103 cm³/mol. The molecule has 8 heteroatoms. The van der Waals surface area contributed by atoms with E-state index in [9.17, 15) is 14.7 Å². The Kier molecular flexibility index (Phi) is 5.07. The van der Waals surface area contributed by atoms with E-state index in [0.29, 0.717) is 11.4 Å². The summed E-state index contributed by atoms with van der Waals surface area (Å²) in [6.07, 6.45) is 1.23. The molecule has 2 aromatic carbocycles. The highest BCUT2D eigenvalue weighted by molar-refractivity contribution is 5.84. The minimum absolute atomic E-state index is 0.0626. The Morgan fingerprint density at radius 1 is 0.815 bits per heavy atom. The number of aromatic nitrogens is 2. The first-order chi connectivity index (χ1) is 13.0. The quantitative estimate of drug-likeness (QED) is 0.569. The van der Waals surface area contributed by atoms with Gasteiger partial charge in [-0.3, -0.25) is 18.9 Å². The summed E-state index contributed by atoms with van der Waals surface area (Å²) in [6, 6.07) is 16.2. The van der Waals surface area contributed by atoms with Crippen LogP contribution >= 0.6 is 0 Å². The lowest BCUT2D eigenvalue weighted by molar-refractivity contribution is 0.410. The summed E-state index contributed by atoms with van der Waals surface area (Å²) >= 11 is 0. The number of nitrogens with zero attached hydrogens (tertiary/aromatic N) is 5. The van der Waals surface area contributed by atoms with Crippen LogP contribution in [0.5, 0.6) is 5.88 Å². The molecule has 0 amide bonds. The van der Waals surface area contributed by atoms with Crippen molar-refractivity contribution in [3.63, 3.8) is 0 Å². The number of aliphatic imine (C=N–C) groups is 1. The van der Waals surface area contributed by atoms with Gasteiger partial charge in [0.15, 0.2) is 0 Å². The largest absolute Gasteiger partial charge is 0.494 e. The van der Waals surface area contributed by atoms with E-state index in [1.807, 2.05) is 30.3 Å². The van der Waals surface area contributed by atoms with Crippen molar-refractivity contribution in [3.8, 4) is 5.88 Å². The molecule has 1 aromatic heterocycles. The van der Waals surface area contributed by atoms with Crippen LogP contribution in [0.3, 0.4) is 0 Å². The van der Waals surface area contributed by atoms with E-state index in [2.05, 4.69) is 15.2 Å². The molecule has 1 heterocycles. The maximum Gasteiger partial charge on any atom is 0.333 e. The van der Waals surface area contributed by atoms with Crippen LogP contribution in [0.25, 0.3) is 0 Å². The van der Waals surface area contributed by atoms with Crippen molar-refractivity contribution < 1.29 is 5.11 Å². The summed E-state index contributed by atoms with van der Waals surface area (Å²) in [5, 5.41) is 18.3. The molecule has 3 rings (SSSR count). The van der Waals surface area contributed by atoms with E-state index in [1.165, 1.54) is 20.3 Å². The molecule has 0 aliphatic rings. The molecule has 0 saturated heterocycles. The van der Waals surface area contributed by atoms with E-state index in [1.54, 1.807) is 24.3 Å². The Bertz CT molecular complexity index is 1130. The normalized spacial score (nSPS) is 11.5. The van der Waals surface area contributed by atoms with Crippen LogP contribution in [0.4, 0.5) is 17.1 Å². The number of azo groups is 1. The maximum atomic E-state index is 12.1. The number of aromatic hydroxyl groups is 1. The highest BCUT2D eigenvalue weighted by atomic mass is 16.3. The van der Waals surface area contributed by atoms with Gasteiger partial charge in [0.05, 0.1) is 17.1 Å². The standard InChI is InChI=1S/C19H17N5O3/c1-23-17(25)16(18(26)24(2)19(23)27)12-20-13-8-10-15(11-9-13)22-21-14-6-4-3-5-7-14/h3-12,25H,1-2H3. The van der Waals surface area contributed by atoms with Crippen molar-refractivity contribution in [2.45, 2.75) is 0 Å². The van der Waals surface area contributed by atoms with Crippen LogP contribution in [0.15, 0.2) is 79.4 Å². The molecular formula is C19H17N5O3. The van der Waals surface area contributed by atoms with E-state index in [-0.39, 0.29) is 5.56 Å². The smallest absolute Gasteiger partial charge is 0.333 e. The molecule has 0 saturated carbocycles. The average Bonchev–Trinajstić information content (AvgIpc) is 2.71. The number of hydrogen-bond donors (Lipinski definition) is 1. The zero-order chi connectivity index (χ0) is 19.4. The summed E-state index contributed by atoms with van der Waals surface area (Å²) in [5.41, 5.74) is 0.672. The fraction of sp³-hybridized carbons (Fsp3) is 0.105. The van der Waals surface area contributed by atoms with Crippen LogP contribution in [-0.2, 0) is 14.1 Å². The third-order valence-electron chi connectivity index (χ3n) is 3.90. The summed E-state index contributed by atoms with van der Waals surface area (Å²) in [4.78, 5) is 28.1. The molecule has 0 atom stereocenters. The molecule has 136 valence electrons.